The first-order valence-electron chi connectivity index (χ1n) is 5.90. The molecule has 1 aromatic rings. The van der Waals surface area contributed by atoms with E-state index in [-0.39, 0.29) is 36.8 Å². The van der Waals surface area contributed by atoms with E-state index in [0.717, 1.165) is 0 Å². The molecule has 0 aliphatic carbocycles. The Bertz CT molecular complexity index is 513. The van der Waals surface area contributed by atoms with E-state index in [1.165, 1.54) is 17.3 Å². The molecule has 1 aromatic heterocycles. The van der Waals surface area contributed by atoms with Gasteiger partial charge in [-0.1, -0.05) is 0 Å². The number of imide groups is 1. The molecule has 100 valence electrons. The largest absolute Gasteiger partial charge is 0.383 e. The zero-order chi connectivity index (χ0) is 13.8. The van der Waals surface area contributed by atoms with E-state index in [4.69, 9.17) is 5.73 Å². The average molecular weight is 262 g/mol. The van der Waals surface area contributed by atoms with Gasteiger partial charge in [-0.25, -0.2) is 0 Å². The van der Waals surface area contributed by atoms with Gasteiger partial charge in [0, 0.05) is 38.3 Å². The smallest absolute Gasteiger partial charge is 0.252 e. The highest BCUT2D eigenvalue weighted by Crippen LogP contribution is 2.14. The van der Waals surface area contributed by atoms with Gasteiger partial charge in [-0.05, 0) is 6.07 Å². The zero-order valence-corrected chi connectivity index (χ0v) is 10.3. The minimum absolute atomic E-state index is 0.156. The number of rotatable bonds is 5. The lowest BCUT2D eigenvalue weighted by Crippen LogP contribution is -2.33. The van der Waals surface area contributed by atoms with Crippen LogP contribution in [0.1, 0.15) is 23.2 Å². The van der Waals surface area contributed by atoms with Crippen molar-refractivity contribution in [2.24, 2.45) is 5.73 Å². The lowest BCUT2D eigenvalue weighted by Gasteiger charge is -2.15. The lowest BCUT2D eigenvalue weighted by atomic mass is 10.2. The first-order valence-corrected chi connectivity index (χ1v) is 5.90. The molecule has 0 saturated carbocycles. The van der Waals surface area contributed by atoms with Gasteiger partial charge >= 0.3 is 0 Å². The molecule has 1 saturated heterocycles. The van der Waals surface area contributed by atoms with Gasteiger partial charge in [-0.15, -0.1) is 0 Å². The third kappa shape index (κ3) is 2.87. The van der Waals surface area contributed by atoms with Gasteiger partial charge < -0.3 is 11.1 Å². The summed E-state index contributed by atoms with van der Waals surface area (Å²) in [5, 5.41) is 2.98. The Kier molecular flexibility index (Phi) is 3.74. The summed E-state index contributed by atoms with van der Waals surface area (Å²) in [4.78, 5) is 39.0. The van der Waals surface area contributed by atoms with Crippen LogP contribution in [0.5, 0.6) is 0 Å². The van der Waals surface area contributed by atoms with Crippen LogP contribution in [0.3, 0.4) is 0 Å². The van der Waals surface area contributed by atoms with Crippen LogP contribution in [0.15, 0.2) is 18.5 Å². The standard InChI is InChI=1S/C12H14N4O3/c13-12(19)8-7-14-4-3-9(8)15-5-6-16-10(17)1-2-11(16)18/h3-4,7H,1-2,5-6H2,(H2,13,19)(H,14,15). The first kappa shape index (κ1) is 13.0. The maximum absolute atomic E-state index is 11.4. The number of hydrogen-bond acceptors (Lipinski definition) is 5. The van der Waals surface area contributed by atoms with Gasteiger partial charge in [0.15, 0.2) is 0 Å². The average Bonchev–Trinajstić information content (AvgIpc) is 2.70. The fraction of sp³-hybridized carbons (Fsp3) is 0.333. The van der Waals surface area contributed by atoms with Gasteiger partial charge in [-0.2, -0.15) is 0 Å². The number of nitrogens with two attached hydrogens (primary N) is 1. The van der Waals surface area contributed by atoms with E-state index in [1.807, 2.05) is 0 Å². The van der Waals surface area contributed by atoms with Crippen molar-refractivity contribution >= 4 is 23.4 Å². The van der Waals surface area contributed by atoms with Crippen molar-refractivity contribution in [3.8, 4) is 0 Å². The molecule has 2 rings (SSSR count). The molecule has 3 N–H and O–H groups in total. The summed E-state index contributed by atoms with van der Waals surface area (Å²) >= 11 is 0. The summed E-state index contributed by atoms with van der Waals surface area (Å²) in [6.07, 6.45) is 3.46. The van der Waals surface area contributed by atoms with Gasteiger partial charge in [0.25, 0.3) is 5.91 Å². The number of pyridine rings is 1. The Hall–Kier alpha value is -2.44. The molecular formula is C12H14N4O3. The maximum Gasteiger partial charge on any atom is 0.252 e. The minimum Gasteiger partial charge on any atom is -0.383 e. The van der Waals surface area contributed by atoms with Crippen LogP contribution >= 0.6 is 0 Å². The van der Waals surface area contributed by atoms with Crippen molar-refractivity contribution in [2.45, 2.75) is 12.8 Å². The van der Waals surface area contributed by atoms with Crippen LogP contribution in [-0.4, -0.2) is 40.7 Å². The van der Waals surface area contributed by atoms with Crippen LogP contribution in [0.2, 0.25) is 0 Å². The molecule has 3 amide bonds. The van der Waals surface area contributed by atoms with Crippen molar-refractivity contribution in [3.63, 3.8) is 0 Å². The molecule has 7 heteroatoms. The monoisotopic (exact) mass is 262 g/mol. The second kappa shape index (κ2) is 5.47. The second-order valence-corrected chi connectivity index (χ2v) is 4.15. The Morgan fingerprint density at radius 2 is 2.05 bits per heavy atom. The number of nitrogens with zero attached hydrogens (tertiary/aromatic N) is 2. The van der Waals surface area contributed by atoms with Gasteiger partial charge in [0.1, 0.15) is 0 Å². The molecular weight excluding hydrogens is 248 g/mol. The number of anilines is 1. The predicted molar refractivity (Wildman–Crippen MR) is 67.2 cm³/mol. The summed E-state index contributed by atoms with van der Waals surface area (Å²) in [6.45, 7) is 0.639. The van der Waals surface area contributed by atoms with Crippen LogP contribution in [0, 0.1) is 0 Å². The van der Waals surface area contributed by atoms with Gasteiger partial charge in [0.2, 0.25) is 11.8 Å². The molecule has 1 fully saturated rings. The van der Waals surface area contributed by atoms with Crippen molar-refractivity contribution < 1.29 is 14.4 Å². The Labute approximate surface area is 109 Å². The Morgan fingerprint density at radius 1 is 1.37 bits per heavy atom. The highest BCUT2D eigenvalue weighted by molar-refractivity contribution is 6.02. The first-order chi connectivity index (χ1) is 9.09. The van der Waals surface area contributed by atoms with Crippen molar-refractivity contribution in [2.75, 3.05) is 18.4 Å². The van der Waals surface area contributed by atoms with E-state index < -0.39 is 5.91 Å². The number of aromatic nitrogens is 1. The topological polar surface area (TPSA) is 105 Å². The number of likely N-dealkylation sites (tertiary alicyclic amines) is 1. The predicted octanol–water partition coefficient (Wildman–Crippen LogP) is -0.259. The summed E-state index contributed by atoms with van der Waals surface area (Å²) in [5.74, 6) is -0.891. The Morgan fingerprint density at radius 3 is 2.68 bits per heavy atom. The molecule has 0 aromatic carbocycles. The quantitative estimate of drug-likeness (QED) is 0.711. The molecule has 19 heavy (non-hydrogen) atoms. The fourth-order valence-corrected chi connectivity index (χ4v) is 1.92. The summed E-state index contributed by atoms with van der Waals surface area (Å²) in [6, 6.07) is 1.62. The Balaban J connectivity index is 1.94. The number of carbonyl (C=O) groups is 3. The highest BCUT2D eigenvalue weighted by atomic mass is 16.2. The van der Waals surface area contributed by atoms with E-state index in [1.54, 1.807) is 6.07 Å². The maximum atomic E-state index is 11.4. The number of amides is 3. The van der Waals surface area contributed by atoms with Crippen LogP contribution < -0.4 is 11.1 Å². The normalized spacial score (nSPS) is 14.8. The number of nitrogens with one attached hydrogen (secondary N) is 1. The molecule has 7 nitrogen and oxygen atoms in total. The van der Waals surface area contributed by atoms with Crippen molar-refractivity contribution in [1.82, 2.24) is 9.88 Å². The third-order valence-electron chi connectivity index (χ3n) is 2.89. The second-order valence-electron chi connectivity index (χ2n) is 4.15. The summed E-state index contributed by atoms with van der Waals surface area (Å²) < 4.78 is 0. The molecule has 0 radical (unpaired) electrons. The molecule has 1 aliphatic rings. The minimum atomic E-state index is -0.580. The fourth-order valence-electron chi connectivity index (χ4n) is 1.92. The zero-order valence-electron chi connectivity index (χ0n) is 10.3. The molecule has 0 spiro atoms. The van der Waals surface area contributed by atoms with Crippen LogP contribution in [0.25, 0.3) is 0 Å². The third-order valence-corrected chi connectivity index (χ3v) is 2.89. The molecule has 0 unspecified atom stereocenters. The molecule has 0 atom stereocenters. The van der Waals surface area contributed by atoms with Crippen LogP contribution in [-0.2, 0) is 9.59 Å². The lowest BCUT2D eigenvalue weighted by molar-refractivity contribution is -0.138. The molecule has 0 bridgehead atoms. The molecule has 1 aliphatic heterocycles. The number of primary amides is 1. The van der Waals surface area contributed by atoms with E-state index in [0.29, 0.717) is 12.2 Å². The van der Waals surface area contributed by atoms with E-state index in [9.17, 15) is 14.4 Å². The van der Waals surface area contributed by atoms with Crippen molar-refractivity contribution in [3.05, 3.63) is 24.0 Å². The SMILES string of the molecule is NC(=O)c1cnccc1NCCN1C(=O)CCC1=O. The highest BCUT2D eigenvalue weighted by Gasteiger charge is 2.28. The van der Waals surface area contributed by atoms with Gasteiger partial charge in [0.05, 0.1) is 11.3 Å². The molecule has 2 heterocycles. The van der Waals surface area contributed by atoms with E-state index >= 15 is 0 Å². The van der Waals surface area contributed by atoms with Gasteiger partial charge in [-0.3, -0.25) is 24.3 Å². The van der Waals surface area contributed by atoms with E-state index in [2.05, 4.69) is 10.3 Å². The van der Waals surface area contributed by atoms with Crippen LogP contribution in [0.4, 0.5) is 5.69 Å². The summed E-state index contributed by atoms with van der Waals surface area (Å²) in [5.41, 5.74) is 6.04. The number of carbonyl (C=O) groups excluding carboxylic acids is 3. The van der Waals surface area contributed by atoms with Crippen molar-refractivity contribution in [1.29, 1.82) is 0 Å². The summed E-state index contributed by atoms with van der Waals surface area (Å²) in [7, 11) is 0. The number of hydrogen-bond donors (Lipinski definition) is 2.